The molecule has 0 spiro atoms. The zero-order valence-corrected chi connectivity index (χ0v) is 27.7. The van der Waals surface area contributed by atoms with Crippen molar-refractivity contribution in [3.05, 3.63) is 0 Å². The predicted molar refractivity (Wildman–Crippen MR) is 177 cm³/mol. The topological polar surface area (TPSA) is 3.24 Å². The summed E-state index contributed by atoms with van der Waals surface area (Å²) >= 11 is 0. The first-order chi connectivity index (χ1) is 18.8. The highest BCUT2D eigenvalue weighted by Gasteiger charge is 2.12. The number of hydrogen-bond donors (Lipinski definition) is 0. The molecule has 0 N–H and O–H groups in total. The zero-order chi connectivity index (χ0) is 27.8. The molecule has 0 aliphatic heterocycles. The molecule has 1 unspecified atom stereocenters. The first-order valence-electron chi connectivity index (χ1n) is 18.5. The second-order valence-corrected chi connectivity index (χ2v) is 12.9. The van der Waals surface area contributed by atoms with Gasteiger partial charge in [-0.3, -0.25) is 0 Å². The van der Waals surface area contributed by atoms with Crippen LogP contribution in [0.4, 0.5) is 0 Å². The van der Waals surface area contributed by atoms with E-state index in [0.717, 1.165) is 6.04 Å². The highest BCUT2D eigenvalue weighted by Crippen LogP contribution is 2.16. The number of unbranched alkanes of at least 4 members (excludes halogenated alkanes) is 26. The van der Waals surface area contributed by atoms with Gasteiger partial charge in [0.05, 0.1) is 0 Å². The molecule has 0 aromatic carbocycles. The molecule has 1 atom stereocenters. The fourth-order valence-electron chi connectivity index (χ4n) is 6.17. The Morgan fingerprint density at radius 2 is 0.553 bits per heavy atom. The van der Waals surface area contributed by atoms with Gasteiger partial charge in [0.25, 0.3) is 0 Å². The maximum absolute atomic E-state index is 2.84. The van der Waals surface area contributed by atoms with Crippen LogP contribution in [0.1, 0.15) is 220 Å². The molecule has 0 fully saturated rings. The van der Waals surface area contributed by atoms with Crippen molar-refractivity contribution in [3.63, 3.8) is 0 Å². The molecule has 0 aliphatic carbocycles. The van der Waals surface area contributed by atoms with Gasteiger partial charge in [0.1, 0.15) is 0 Å². The van der Waals surface area contributed by atoms with E-state index in [1.807, 2.05) is 0 Å². The Balaban J connectivity index is 3.60. The van der Waals surface area contributed by atoms with E-state index < -0.39 is 0 Å². The highest BCUT2D eigenvalue weighted by molar-refractivity contribution is 4.67. The molecule has 230 valence electrons. The van der Waals surface area contributed by atoms with Crippen molar-refractivity contribution in [2.75, 3.05) is 13.1 Å². The average Bonchev–Trinajstić information content (AvgIpc) is 2.92. The van der Waals surface area contributed by atoms with Gasteiger partial charge in [-0.1, -0.05) is 194 Å². The minimum Gasteiger partial charge on any atom is -0.301 e. The molecule has 0 aliphatic rings. The van der Waals surface area contributed by atoms with Gasteiger partial charge in [-0.2, -0.15) is 0 Å². The number of hydrogen-bond acceptors (Lipinski definition) is 1. The van der Waals surface area contributed by atoms with Crippen LogP contribution in [0.3, 0.4) is 0 Å². The van der Waals surface area contributed by atoms with Crippen molar-refractivity contribution in [1.82, 2.24) is 4.90 Å². The van der Waals surface area contributed by atoms with E-state index >= 15 is 0 Å². The van der Waals surface area contributed by atoms with E-state index in [1.54, 1.807) is 0 Å². The first-order valence-corrected chi connectivity index (χ1v) is 18.5. The minimum absolute atomic E-state index is 0.781. The molecule has 0 aromatic rings. The molecule has 1 heteroatoms. The lowest BCUT2D eigenvalue weighted by atomic mass is 10.0. The van der Waals surface area contributed by atoms with Gasteiger partial charge in [0.2, 0.25) is 0 Å². The van der Waals surface area contributed by atoms with E-state index in [-0.39, 0.29) is 0 Å². The summed E-state index contributed by atoms with van der Waals surface area (Å²) in [5.41, 5.74) is 0. The molecule has 0 amide bonds. The SMILES string of the molecule is CCCCCCCCCCCCCCCCN(CCCCCCCCCCCCCCCC)C(C)CCC. The van der Waals surface area contributed by atoms with Gasteiger partial charge in [0.15, 0.2) is 0 Å². The summed E-state index contributed by atoms with van der Waals surface area (Å²) in [5, 5.41) is 0. The lowest BCUT2D eigenvalue weighted by Gasteiger charge is -2.29. The molecule has 0 aromatic heterocycles. The minimum atomic E-state index is 0.781. The normalized spacial score (nSPS) is 12.6. The summed E-state index contributed by atoms with van der Waals surface area (Å²) in [4.78, 5) is 2.84. The van der Waals surface area contributed by atoms with Crippen molar-refractivity contribution in [3.8, 4) is 0 Å². The molecule has 0 bridgehead atoms. The van der Waals surface area contributed by atoms with Crippen LogP contribution >= 0.6 is 0 Å². The Bertz CT molecular complexity index is 374. The standard InChI is InChI=1S/C37H77N/c1-5-8-10-12-14-16-18-20-22-24-26-28-30-32-35-38(37(4)34-7-3)36-33-31-29-27-25-23-21-19-17-15-13-11-9-6-2/h37H,5-36H2,1-4H3. The number of nitrogens with zero attached hydrogens (tertiary/aromatic N) is 1. The Kier molecular flexibility index (Phi) is 33.1. The van der Waals surface area contributed by atoms with Gasteiger partial charge < -0.3 is 4.90 Å². The fraction of sp³-hybridized carbons (Fsp3) is 1.00. The molecule has 38 heavy (non-hydrogen) atoms. The third kappa shape index (κ3) is 29.0. The summed E-state index contributed by atoms with van der Waals surface area (Å²) < 4.78 is 0. The average molecular weight is 536 g/mol. The molecular weight excluding hydrogens is 458 g/mol. The quantitative estimate of drug-likeness (QED) is 0.0755. The summed E-state index contributed by atoms with van der Waals surface area (Å²) in [7, 11) is 0. The fourth-order valence-corrected chi connectivity index (χ4v) is 6.17. The van der Waals surface area contributed by atoms with E-state index in [9.17, 15) is 0 Å². The van der Waals surface area contributed by atoms with Crippen molar-refractivity contribution >= 4 is 0 Å². The highest BCUT2D eigenvalue weighted by atomic mass is 15.1. The third-order valence-electron chi connectivity index (χ3n) is 8.93. The summed E-state index contributed by atoms with van der Waals surface area (Å²) in [6.07, 6.45) is 43.6. The van der Waals surface area contributed by atoms with E-state index in [1.165, 1.54) is 206 Å². The van der Waals surface area contributed by atoms with Crippen LogP contribution < -0.4 is 0 Å². The van der Waals surface area contributed by atoms with Crippen LogP contribution in [0.25, 0.3) is 0 Å². The van der Waals surface area contributed by atoms with Gasteiger partial charge in [-0.15, -0.1) is 0 Å². The Morgan fingerprint density at radius 3 is 0.789 bits per heavy atom. The largest absolute Gasteiger partial charge is 0.301 e. The van der Waals surface area contributed by atoms with Crippen LogP contribution in [0.5, 0.6) is 0 Å². The zero-order valence-electron chi connectivity index (χ0n) is 27.7. The van der Waals surface area contributed by atoms with E-state index in [4.69, 9.17) is 0 Å². The molecule has 0 heterocycles. The van der Waals surface area contributed by atoms with Gasteiger partial charge >= 0.3 is 0 Å². The lowest BCUT2D eigenvalue weighted by molar-refractivity contribution is 0.190. The monoisotopic (exact) mass is 536 g/mol. The molecule has 0 rings (SSSR count). The van der Waals surface area contributed by atoms with E-state index in [0.29, 0.717) is 0 Å². The Morgan fingerprint density at radius 1 is 0.316 bits per heavy atom. The molecule has 0 saturated heterocycles. The molecule has 0 saturated carbocycles. The lowest BCUT2D eigenvalue weighted by Crippen LogP contribution is -2.34. The van der Waals surface area contributed by atoms with Crippen molar-refractivity contribution in [2.24, 2.45) is 0 Å². The van der Waals surface area contributed by atoms with Crippen molar-refractivity contribution in [2.45, 2.75) is 226 Å². The summed E-state index contributed by atoms with van der Waals surface area (Å²) in [5.74, 6) is 0. The Labute approximate surface area is 244 Å². The summed E-state index contributed by atoms with van der Waals surface area (Å²) in [6.45, 7) is 12.1. The predicted octanol–water partition coefficient (Wildman–Crippen LogP) is 13.4. The second-order valence-electron chi connectivity index (χ2n) is 12.9. The number of rotatable bonds is 33. The maximum Gasteiger partial charge on any atom is 0.00668 e. The van der Waals surface area contributed by atoms with Gasteiger partial charge in [-0.25, -0.2) is 0 Å². The van der Waals surface area contributed by atoms with Gasteiger partial charge in [-0.05, 0) is 39.3 Å². The molecular formula is C37H77N. The molecule has 1 nitrogen and oxygen atoms in total. The van der Waals surface area contributed by atoms with Gasteiger partial charge in [0, 0.05) is 6.04 Å². The third-order valence-corrected chi connectivity index (χ3v) is 8.93. The van der Waals surface area contributed by atoms with Crippen LogP contribution in [0, 0.1) is 0 Å². The summed E-state index contributed by atoms with van der Waals surface area (Å²) in [6, 6.07) is 0.781. The van der Waals surface area contributed by atoms with Crippen LogP contribution in [-0.4, -0.2) is 24.0 Å². The van der Waals surface area contributed by atoms with Crippen molar-refractivity contribution < 1.29 is 0 Å². The second kappa shape index (κ2) is 33.2. The van der Waals surface area contributed by atoms with E-state index in [2.05, 4.69) is 32.6 Å². The van der Waals surface area contributed by atoms with Crippen LogP contribution in [0.2, 0.25) is 0 Å². The van der Waals surface area contributed by atoms with Crippen molar-refractivity contribution in [1.29, 1.82) is 0 Å². The smallest absolute Gasteiger partial charge is 0.00668 e. The van der Waals surface area contributed by atoms with Crippen LogP contribution in [-0.2, 0) is 0 Å². The van der Waals surface area contributed by atoms with Crippen LogP contribution in [0.15, 0.2) is 0 Å². The maximum atomic E-state index is 2.84. The first kappa shape index (κ1) is 38.0. The Hall–Kier alpha value is -0.0400. The molecule has 0 radical (unpaired) electrons.